The molecular weight excluding hydrogens is 257 g/mol. The van der Waals surface area contributed by atoms with Crippen molar-refractivity contribution in [1.29, 1.82) is 0 Å². The van der Waals surface area contributed by atoms with Crippen LogP contribution in [0.15, 0.2) is 30.3 Å². The topological polar surface area (TPSA) is 46.2 Å². The molecule has 1 rings (SSSR count). The number of carbonyl (C=O) groups excluding carboxylic acids is 1. The number of carbonyl (C=O) groups is 1. The van der Waals surface area contributed by atoms with Gasteiger partial charge in [-0.25, -0.2) is 4.79 Å². The van der Waals surface area contributed by atoms with Crippen LogP contribution in [0.4, 0.5) is 10.5 Å². The van der Waals surface area contributed by atoms with E-state index in [1.165, 1.54) is 25.7 Å². The molecule has 1 N–H and O–H groups in total. The molecule has 1 aromatic carbocycles. The van der Waals surface area contributed by atoms with E-state index in [-0.39, 0.29) is 5.65 Å². The molecule has 0 saturated heterocycles. The molecule has 19 heavy (non-hydrogen) atoms. The van der Waals surface area contributed by atoms with E-state index in [1.807, 2.05) is 18.2 Å². The third kappa shape index (κ3) is 7.07. The van der Waals surface area contributed by atoms with Gasteiger partial charge in [-0.15, -0.1) is 0 Å². The van der Waals surface area contributed by atoms with Crippen LogP contribution < -0.4 is 5.32 Å². The minimum Gasteiger partial charge on any atom is -0.283 e. The first-order valence-corrected chi connectivity index (χ1v) is 8.49. The minimum absolute atomic E-state index is 0.352. The fourth-order valence-corrected chi connectivity index (χ4v) is 2.81. The van der Waals surface area contributed by atoms with E-state index in [2.05, 4.69) is 12.2 Å². The van der Waals surface area contributed by atoms with Gasteiger partial charge in [-0.1, -0.05) is 55.4 Å². The van der Waals surface area contributed by atoms with Crippen molar-refractivity contribution in [3.63, 3.8) is 0 Å². The molecule has 0 aliphatic heterocycles. The predicted molar refractivity (Wildman–Crippen MR) is 81.3 cm³/mol. The van der Waals surface area contributed by atoms with Gasteiger partial charge in [-0.3, -0.25) is 5.32 Å². The number of amides is 1. The zero-order valence-electron chi connectivity index (χ0n) is 11.6. The Morgan fingerprint density at radius 1 is 1.05 bits per heavy atom. The zero-order chi connectivity index (χ0) is 13.9. The molecule has 0 fully saturated rings. The number of unbranched alkanes of at least 4 members (excludes halogenated alkanes) is 5. The minimum atomic E-state index is -1.79. The van der Waals surface area contributed by atoms with Gasteiger partial charge in [0.2, 0.25) is 0 Å². The average Bonchev–Trinajstić information content (AvgIpc) is 2.43. The number of anilines is 1. The monoisotopic (exact) mass is 280 g/mol. The maximum Gasteiger partial charge on any atom is 0.464 e. The molecule has 0 aliphatic carbocycles. The highest BCUT2D eigenvalue weighted by molar-refractivity contribution is 7.64. The Bertz CT molecular complexity index is 392. The summed E-state index contributed by atoms with van der Waals surface area (Å²) < 4.78 is 11.8. The van der Waals surface area contributed by atoms with E-state index in [0.717, 1.165) is 12.8 Å². The standard InChI is InChI=1S/C15H22NO2P/c1-2-3-4-5-6-10-13-19(18)15(17)16-14-11-8-7-9-12-14/h7-9,11-12H,2-6,10,13H2,1H3/p+1. The van der Waals surface area contributed by atoms with Crippen LogP contribution in [0, 0.1) is 0 Å². The lowest BCUT2D eigenvalue weighted by atomic mass is 10.1. The molecule has 0 saturated carbocycles. The fourth-order valence-electron chi connectivity index (χ4n) is 1.84. The van der Waals surface area contributed by atoms with Crippen molar-refractivity contribution in [2.45, 2.75) is 45.4 Å². The van der Waals surface area contributed by atoms with Gasteiger partial charge < -0.3 is 0 Å². The predicted octanol–water partition coefficient (Wildman–Crippen LogP) is 5.41. The van der Waals surface area contributed by atoms with E-state index in [4.69, 9.17) is 0 Å². The van der Waals surface area contributed by atoms with Gasteiger partial charge in [0.1, 0.15) is 0 Å². The molecule has 1 aromatic rings. The smallest absolute Gasteiger partial charge is 0.283 e. The zero-order valence-corrected chi connectivity index (χ0v) is 12.5. The quantitative estimate of drug-likeness (QED) is 0.486. The molecule has 1 atom stereocenters. The molecule has 104 valence electrons. The van der Waals surface area contributed by atoms with Gasteiger partial charge in [-0.2, -0.15) is 0 Å². The molecule has 0 heterocycles. The largest absolute Gasteiger partial charge is 0.464 e. The SMILES string of the molecule is CCCCCCCC[P+](=O)C(=O)Nc1ccccc1. The third-order valence-corrected chi connectivity index (χ3v) is 4.25. The molecule has 0 aromatic heterocycles. The Kier molecular flexibility index (Phi) is 8.08. The lowest BCUT2D eigenvalue weighted by molar-refractivity contribution is 0.268. The van der Waals surface area contributed by atoms with E-state index in [0.29, 0.717) is 11.8 Å². The van der Waals surface area contributed by atoms with Crippen molar-refractivity contribution >= 4 is 19.1 Å². The van der Waals surface area contributed by atoms with Crippen LogP contribution in [-0.4, -0.2) is 11.8 Å². The highest BCUT2D eigenvalue weighted by atomic mass is 31.1. The van der Waals surface area contributed by atoms with Crippen LogP contribution in [0.25, 0.3) is 0 Å². The third-order valence-electron chi connectivity index (χ3n) is 2.97. The maximum absolute atomic E-state index is 11.8. The van der Waals surface area contributed by atoms with Crippen LogP contribution in [-0.2, 0) is 4.57 Å². The van der Waals surface area contributed by atoms with Crippen LogP contribution in [0.1, 0.15) is 45.4 Å². The summed E-state index contributed by atoms with van der Waals surface area (Å²) in [5.41, 5.74) is 0.355. The Labute approximate surface area is 116 Å². The van der Waals surface area contributed by atoms with Gasteiger partial charge in [0.25, 0.3) is 0 Å². The van der Waals surface area contributed by atoms with Gasteiger partial charge in [-0.05, 0) is 25.0 Å². The van der Waals surface area contributed by atoms with Crippen LogP contribution in [0.5, 0.6) is 0 Å². The van der Waals surface area contributed by atoms with Gasteiger partial charge >= 0.3 is 13.4 Å². The molecule has 3 nitrogen and oxygen atoms in total. The van der Waals surface area contributed by atoms with Crippen molar-refractivity contribution in [3.05, 3.63) is 30.3 Å². The lowest BCUT2D eigenvalue weighted by Crippen LogP contribution is -2.05. The summed E-state index contributed by atoms with van der Waals surface area (Å²) in [6.45, 7) is 2.19. The highest BCUT2D eigenvalue weighted by Gasteiger charge is 2.26. The summed E-state index contributed by atoms with van der Waals surface area (Å²) in [6.07, 6.45) is 7.36. The first kappa shape index (κ1) is 15.8. The molecule has 1 unspecified atom stereocenters. The summed E-state index contributed by atoms with van der Waals surface area (Å²) in [4.78, 5) is 11.7. The van der Waals surface area contributed by atoms with Crippen molar-refractivity contribution < 1.29 is 9.36 Å². The Hall–Kier alpha value is -1.21. The highest BCUT2D eigenvalue weighted by Crippen LogP contribution is 2.26. The first-order valence-electron chi connectivity index (χ1n) is 7.04. The van der Waals surface area contributed by atoms with E-state index >= 15 is 0 Å². The van der Waals surface area contributed by atoms with Crippen LogP contribution in [0.3, 0.4) is 0 Å². The summed E-state index contributed by atoms with van der Waals surface area (Å²) in [5, 5.41) is 2.68. The molecule has 0 radical (unpaired) electrons. The van der Waals surface area contributed by atoms with E-state index in [9.17, 15) is 9.36 Å². The number of benzene rings is 1. The van der Waals surface area contributed by atoms with Crippen molar-refractivity contribution in [3.8, 4) is 0 Å². The molecule has 0 spiro atoms. The summed E-state index contributed by atoms with van der Waals surface area (Å²) in [7, 11) is -1.79. The number of hydrogen-bond donors (Lipinski definition) is 1. The molecule has 4 heteroatoms. The second-order valence-electron chi connectivity index (χ2n) is 4.67. The Balaban J connectivity index is 2.17. The molecule has 1 amide bonds. The van der Waals surface area contributed by atoms with E-state index in [1.54, 1.807) is 12.1 Å². The number of rotatable bonds is 9. The van der Waals surface area contributed by atoms with Crippen molar-refractivity contribution in [1.82, 2.24) is 0 Å². The average molecular weight is 280 g/mol. The normalized spacial score (nSPS) is 11.1. The van der Waals surface area contributed by atoms with Gasteiger partial charge in [0.05, 0.1) is 0 Å². The number of para-hydroxylation sites is 1. The second-order valence-corrected chi connectivity index (χ2v) is 6.28. The van der Waals surface area contributed by atoms with Gasteiger partial charge in [0.15, 0.2) is 6.16 Å². The number of nitrogens with one attached hydrogen (secondary N) is 1. The summed E-state index contributed by atoms with van der Waals surface area (Å²) in [6, 6.07) is 9.16. The molecule has 0 aliphatic rings. The summed E-state index contributed by atoms with van der Waals surface area (Å²) >= 11 is 0. The molecule has 0 bridgehead atoms. The Morgan fingerprint density at radius 3 is 2.37 bits per heavy atom. The van der Waals surface area contributed by atoms with Crippen molar-refractivity contribution in [2.24, 2.45) is 0 Å². The fraction of sp³-hybridized carbons (Fsp3) is 0.533. The summed E-state index contributed by atoms with van der Waals surface area (Å²) in [5.74, 6) is 0. The number of hydrogen-bond acceptors (Lipinski definition) is 2. The van der Waals surface area contributed by atoms with Crippen LogP contribution >= 0.6 is 7.80 Å². The van der Waals surface area contributed by atoms with Crippen molar-refractivity contribution in [2.75, 3.05) is 11.5 Å². The molecular formula is C15H23NO2P+. The first-order chi connectivity index (χ1) is 9.24. The Morgan fingerprint density at radius 2 is 1.68 bits per heavy atom. The van der Waals surface area contributed by atoms with Crippen LogP contribution in [0.2, 0.25) is 0 Å². The van der Waals surface area contributed by atoms with Gasteiger partial charge in [0, 0.05) is 5.69 Å². The maximum atomic E-state index is 11.8. The lowest BCUT2D eigenvalue weighted by Gasteiger charge is -1.98. The second kappa shape index (κ2) is 9.69. The van der Waals surface area contributed by atoms with E-state index < -0.39 is 7.80 Å².